The molecular weight excluding hydrogens is 405 g/mol. The molecule has 0 saturated heterocycles. The molecule has 1 unspecified atom stereocenters. The molecule has 30 heavy (non-hydrogen) atoms. The van der Waals surface area contributed by atoms with Gasteiger partial charge in [-0.3, -0.25) is 9.59 Å². The summed E-state index contributed by atoms with van der Waals surface area (Å²) in [6.45, 7) is 1.85. The molecule has 3 N–H and O–H groups in total. The SMILES string of the molecule is CNC(=O)c1cnc(Nc2ccc(F)cn2)cc1Nc1csc2c1C(=O)C(C)C=C2. The average Bonchev–Trinajstić information content (AvgIpc) is 3.15. The van der Waals surface area contributed by atoms with E-state index < -0.39 is 5.82 Å². The molecule has 1 amide bonds. The number of fused-ring (bicyclic) bond motifs is 1. The van der Waals surface area contributed by atoms with Crippen LogP contribution in [0.3, 0.4) is 0 Å². The number of halogens is 1. The van der Waals surface area contributed by atoms with Crippen LogP contribution in [-0.4, -0.2) is 28.7 Å². The predicted molar refractivity (Wildman–Crippen MR) is 115 cm³/mol. The monoisotopic (exact) mass is 423 g/mol. The van der Waals surface area contributed by atoms with Crippen molar-refractivity contribution in [2.45, 2.75) is 6.92 Å². The number of amides is 1. The Labute approximate surface area is 176 Å². The summed E-state index contributed by atoms with van der Waals surface area (Å²) in [5.74, 6) is -0.121. The third kappa shape index (κ3) is 3.79. The quantitative estimate of drug-likeness (QED) is 0.564. The van der Waals surface area contributed by atoms with E-state index in [-0.39, 0.29) is 17.6 Å². The first-order chi connectivity index (χ1) is 14.5. The summed E-state index contributed by atoms with van der Waals surface area (Å²) >= 11 is 1.46. The highest BCUT2D eigenvalue weighted by molar-refractivity contribution is 7.12. The number of hydrogen-bond donors (Lipinski definition) is 3. The molecule has 0 radical (unpaired) electrons. The number of carbonyl (C=O) groups excluding carboxylic acids is 2. The van der Waals surface area contributed by atoms with Crippen LogP contribution in [0.25, 0.3) is 6.08 Å². The Morgan fingerprint density at radius 3 is 2.67 bits per heavy atom. The maximum Gasteiger partial charge on any atom is 0.254 e. The van der Waals surface area contributed by atoms with Crippen molar-refractivity contribution >= 4 is 52.1 Å². The normalized spacial score (nSPS) is 14.9. The van der Waals surface area contributed by atoms with Crippen molar-refractivity contribution in [1.82, 2.24) is 15.3 Å². The fourth-order valence-corrected chi connectivity index (χ4v) is 3.96. The van der Waals surface area contributed by atoms with E-state index in [2.05, 4.69) is 25.9 Å². The minimum absolute atomic E-state index is 0.0284. The first-order valence-electron chi connectivity index (χ1n) is 9.18. The standard InChI is InChI=1S/C21H18FN5O2S/c1-11-3-5-16-19(20(11)28)15(10-30-16)26-14-7-18(25-9-13(14)21(29)23-2)27-17-6-4-12(22)8-24-17/h3-11H,1-2H3,(H,23,29)(H2,24,25,26,27). The first kappa shape index (κ1) is 19.7. The Hall–Kier alpha value is -3.59. The van der Waals surface area contributed by atoms with Crippen LogP contribution in [0.15, 0.2) is 42.0 Å². The number of Topliss-reactive ketones (excluding diaryl/α,β-unsaturated/α-hetero) is 1. The summed E-state index contributed by atoms with van der Waals surface area (Å²) in [6.07, 6.45) is 6.34. The summed E-state index contributed by atoms with van der Waals surface area (Å²) in [5, 5.41) is 10.6. The lowest BCUT2D eigenvalue weighted by Gasteiger charge is -2.16. The highest BCUT2D eigenvalue weighted by atomic mass is 32.1. The molecule has 1 aliphatic rings. The van der Waals surface area contributed by atoms with Gasteiger partial charge in [0.25, 0.3) is 5.91 Å². The molecule has 3 heterocycles. The van der Waals surface area contributed by atoms with Crippen molar-refractivity contribution < 1.29 is 14.0 Å². The third-order valence-corrected chi connectivity index (χ3v) is 5.59. The lowest BCUT2D eigenvalue weighted by molar-refractivity contribution is 0.0949. The van der Waals surface area contributed by atoms with Gasteiger partial charge in [-0.25, -0.2) is 14.4 Å². The van der Waals surface area contributed by atoms with Crippen LogP contribution in [-0.2, 0) is 0 Å². The van der Waals surface area contributed by atoms with Gasteiger partial charge in [0, 0.05) is 35.5 Å². The Balaban J connectivity index is 1.70. The molecule has 0 aromatic carbocycles. The van der Waals surface area contributed by atoms with E-state index in [1.165, 1.54) is 36.7 Å². The van der Waals surface area contributed by atoms with Crippen molar-refractivity contribution in [1.29, 1.82) is 0 Å². The summed E-state index contributed by atoms with van der Waals surface area (Å²) in [5.41, 5.74) is 2.05. The van der Waals surface area contributed by atoms with Crippen LogP contribution in [0.1, 0.15) is 32.5 Å². The molecule has 3 aromatic rings. The fourth-order valence-electron chi connectivity index (χ4n) is 3.06. The van der Waals surface area contributed by atoms with Crippen LogP contribution < -0.4 is 16.0 Å². The second-order valence-corrected chi connectivity index (χ2v) is 7.62. The summed E-state index contributed by atoms with van der Waals surface area (Å²) < 4.78 is 13.1. The molecule has 0 spiro atoms. The number of allylic oxidation sites excluding steroid dienone is 1. The van der Waals surface area contributed by atoms with Crippen molar-refractivity contribution in [2.75, 3.05) is 17.7 Å². The van der Waals surface area contributed by atoms with Crippen molar-refractivity contribution in [3.8, 4) is 0 Å². The van der Waals surface area contributed by atoms with Gasteiger partial charge in [0.05, 0.1) is 28.7 Å². The van der Waals surface area contributed by atoms with E-state index in [0.717, 1.165) is 11.1 Å². The molecule has 0 fully saturated rings. The summed E-state index contributed by atoms with van der Waals surface area (Å²) in [6, 6.07) is 4.41. The van der Waals surface area contributed by atoms with Gasteiger partial charge in [-0.2, -0.15) is 0 Å². The second-order valence-electron chi connectivity index (χ2n) is 6.71. The van der Waals surface area contributed by atoms with Gasteiger partial charge in [-0.05, 0) is 18.2 Å². The number of carbonyl (C=O) groups is 2. The highest BCUT2D eigenvalue weighted by Gasteiger charge is 2.25. The van der Waals surface area contributed by atoms with Gasteiger partial charge < -0.3 is 16.0 Å². The van der Waals surface area contributed by atoms with Crippen LogP contribution in [0.4, 0.5) is 27.4 Å². The topological polar surface area (TPSA) is 96.0 Å². The van der Waals surface area contributed by atoms with Crippen molar-refractivity contribution in [3.63, 3.8) is 0 Å². The van der Waals surface area contributed by atoms with Crippen LogP contribution >= 0.6 is 11.3 Å². The van der Waals surface area contributed by atoms with E-state index in [4.69, 9.17) is 0 Å². The highest BCUT2D eigenvalue weighted by Crippen LogP contribution is 2.37. The van der Waals surface area contributed by atoms with E-state index in [0.29, 0.717) is 34.1 Å². The lowest BCUT2D eigenvalue weighted by Crippen LogP contribution is -2.20. The molecule has 0 aliphatic heterocycles. The Morgan fingerprint density at radius 1 is 1.13 bits per heavy atom. The molecule has 1 aliphatic carbocycles. The van der Waals surface area contributed by atoms with Gasteiger partial charge in [0.1, 0.15) is 17.5 Å². The smallest absolute Gasteiger partial charge is 0.254 e. The van der Waals surface area contributed by atoms with E-state index >= 15 is 0 Å². The summed E-state index contributed by atoms with van der Waals surface area (Å²) in [4.78, 5) is 34.1. The number of anilines is 4. The number of hydrogen-bond acceptors (Lipinski definition) is 7. The van der Waals surface area contributed by atoms with Gasteiger partial charge in [0.15, 0.2) is 5.78 Å². The lowest BCUT2D eigenvalue weighted by atomic mass is 9.93. The maximum atomic E-state index is 13.1. The number of aromatic nitrogens is 2. The van der Waals surface area contributed by atoms with Gasteiger partial charge >= 0.3 is 0 Å². The fraction of sp³-hybridized carbons (Fsp3) is 0.143. The number of pyridine rings is 2. The van der Waals surface area contributed by atoms with Crippen molar-refractivity contribution in [2.24, 2.45) is 5.92 Å². The maximum absolute atomic E-state index is 13.1. The molecule has 3 aromatic heterocycles. The zero-order valence-electron chi connectivity index (χ0n) is 16.2. The van der Waals surface area contributed by atoms with Crippen LogP contribution in [0.2, 0.25) is 0 Å². The number of rotatable bonds is 5. The minimum Gasteiger partial charge on any atom is -0.355 e. The average molecular weight is 423 g/mol. The van der Waals surface area contributed by atoms with Gasteiger partial charge in [0.2, 0.25) is 0 Å². The van der Waals surface area contributed by atoms with Crippen LogP contribution in [0.5, 0.6) is 0 Å². The van der Waals surface area contributed by atoms with Crippen molar-refractivity contribution in [3.05, 3.63) is 63.9 Å². The first-order valence-corrected chi connectivity index (χ1v) is 10.1. The van der Waals surface area contributed by atoms with Gasteiger partial charge in [-0.1, -0.05) is 13.0 Å². The summed E-state index contributed by atoms with van der Waals surface area (Å²) in [7, 11) is 1.53. The number of nitrogens with one attached hydrogen (secondary N) is 3. The molecule has 0 saturated carbocycles. The molecule has 0 bridgehead atoms. The molecule has 4 rings (SSSR count). The molecular formula is C21H18FN5O2S. The van der Waals surface area contributed by atoms with E-state index in [9.17, 15) is 14.0 Å². The third-order valence-electron chi connectivity index (χ3n) is 4.64. The number of thiophene rings is 1. The van der Waals surface area contributed by atoms with Crippen LogP contribution in [0, 0.1) is 11.7 Å². The zero-order valence-corrected chi connectivity index (χ0v) is 17.0. The Kier molecular flexibility index (Phi) is 5.28. The predicted octanol–water partition coefficient (Wildman–Crippen LogP) is 4.37. The molecule has 9 heteroatoms. The van der Waals surface area contributed by atoms with E-state index in [1.54, 1.807) is 6.07 Å². The Morgan fingerprint density at radius 2 is 1.93 bits per heavy atom. The molecule has 1 atom stereocenters. The number of nitrogens with zero attached hydrogens (tertiary/aromatic N) is 2. The molecule has 152 valence electrons. The van der Waals surface area contributed by atoms with E-state index in [1.807, 2.05) is 24.5 Å². The number of ketones is 1. The largest absolute Gasteiger partial charge is 0.355 e. The second kappa shape index (κ2) is 8.03. The Bertz CT molecular complexity index is 1160. The van der Waals surface area contributed by atoms with Gasteiger partial charge in [-0.15, -0.1) is 11.3 Å². The zero-order chi connectivity index (χ0) is 21.3. The molecule has 7 nitrogen and oxygen atoms in total. The minimum atomic E-state index is -0.444.